The number of aliphatic hydroxyl groups is 2. The van der Waals surface area contributed by atoms with E-state index in [-0.39, 0.29) is 18.4 Å². The lowest BCUT2D eigenvalue weighted by Crippen LogP contribution is -2.28. The Morgan fingerprint density at radius 2 is 2.12 bits per heavy atom. The zero-order valence-corrected chi connectivity index (χ0v) is 15.3. The summed E-state index contributed by atoms with van der Waals surface area (Å²) >= 11 is 0. The summed E-state index contributed by atoms with van der Waals surface area (Å²) in [5.41, 5.74) is 0. The molecule has 0 bridgehead atoms. The second-order valence-corrected chi connectivity index (χ2v) is 7.35. The van der Waals surface area contributed by atoms with Crippen molar-refractivity contribution < 1.29 is 29.2 Å². The van der Waals surface area contributed by atoms with Crippen molar-refractivity contribution in [2.45, 2.75) is 82.5 Å². The number of aliphatic carboxylic acids is 1. The number of aliphatic hydroxyl groups excluding tert-OH is 2. The number of carboxylic acid groups (broad SMARTS) is 1. The van der Waals surface area contributed by atoms with Crippen molar-refractivity contribution >= 4 is 5.97 Å². The molecule has 0 spiro atoms. The molecule has 0 aromatic rings. The van der Waals surface area contributed by atoms with Crippen LogP contribution in [0.25, 0.3) is 0 Å². The van der Waals surface area contributed by atoms with Gasteiger partial charge in [-0.15, -0.1) is 0 Å². The second-order valence-electron chi connectivity index (χ2n) is 7.35. The molecule has 26 heavy (non-hydrogen) atoms. The Hall–Kier alpha value is -1.24. The molecule has 1 heterocycles. The van der Waals surface area contributed by atoms with Crippen molar-refractivity contribution in [3.8, 4) is 0 Å². The fourth-order valence-electron chi connectivity index (χ4n) is 3.92. The van der Waals surface area contributed by atoms with Gasteiger partial charge in [0.25, 0.3) is 0 Å². The first-order valence-corrected chi connectivity index (χ1v) is 9.66. The zero-order chi connectivity index (χ0) is 19.1. The third-order valence-corrected chi connectivity index (χ3v) is 5.31. The number of hydrogen-bond acceptors (Lipinski definition) is 4. The van der Waals surface area contributed by atoms with Crippen LogP contribution in [-0.4, -0.2) is 51.9 Å². The number of halogens is 1. The molecule has 148 valence electrons. The Balaban J connectivity index is 1.90. The summed E-state index contributed by atoms with van der Waals surface area (Å²) in [6.07, 6.45) is 7.64. The van der Waals surface area contributed by atoms with Gasteiger partial charge in [0.2, 0.25) is 0 Å². The molecule has 0 aromatic heterocycles. The smallest absolute Gasteiger partial charge is 0.303 e. The third-order valence-electron chi connectivity index (χ3n) is 5.31. The standard InChI is InChI=1S/C20H31FO5/c1-2-3-4-7-13(22)10-11-14-15(23)12-17-19(14)20(21)16(26-17)8-5-6-9-18(24)25/h5,8,10-11,13-17,19-20,22-23H,2-4,6-7,9,12H2,1H3,(H,24,25)/b8-5+,11-10+/t13-,14+,15-,16-,17-,19-,20-/m1/s1. The number of hydrogen-bond donors (Lipinski definition) is 3. The van der Waals surface area contributed by atoms with E-state index < -0.39 is 36.4 Å². The van der Waals surface area contributed by atoms with Gasteiger partial charge in [-0.1, -0.05) is 50.5 Å². The number of unbranched alkanes of at least 4 members (excludes halogenated alkanes) is 2. The second kappa shape index (κ2) is 10.2. The maximum atomic E-state index is 14.8. The van der Waals surface area contributed by atoms with Crippen molar-refractivity contribution in [2.75, 3.05) is 0 Å². The van der Waals surface area contributed by atoms with Crippen LogP contribution < -0.4 is 0 Å². The maximum Gasteiger partial charge on any atom is 0.303 e. The molecular formula is C20H31FO5. The predicted molar refractivity (Wildman–Crippen MR) is 96.5 cm³/mol. The molecule has 0 amide bonds. The number of ether oxygens (including phenoxy) is 1. The molecule has 1 saturated carbocycles. The van der Waals surface area contributed by atoms with E-state index in [2.05, 4.69) is 6.92 Å². The predicted octanol–water partition coefficient (Wildman–Crippen LogP) is 3.01. The fraction of sp³-hybridized carbons (Fsp3) is 0.750. The van der Waals surface area contributed by atoms with E-state index in [1.807, 2.05) is 0 Å². The van der Waals surface area contributed by atoms with E-state index in [4.69, 9.17) is 9.84 Å². The molecule has 0 radical (unpaired) electrons. The van der Waals surface area contributed by atoms with Crippen molar-refractivity contribution in [3.05, 3.63) is 24.3 Å². The van der Waals surface area contributed by atoms with Crippen LogP contribution in [-0.2, 0) is 9.53 Å². The summed E-state index contributed by atoms with van der Waals surface area (Å²) in [4.78, 5) is 10.5. The summed E-state index contributed by atoms with van der Waals surface area (Å²) < 4.78 is 20.6. The summed E-state index contributed by atoms with van der Waals surface area (Å²) in [5.74, 6) is -1.69. The minimum Gasteiger partial charge on any atom is -0.481 e. The van der Waals surface area contributed by atoms with Crippen LogP contribution in [0, 0.1) is 11.8 Å². The monoisotopic (exact) mass is 370 g/mol. The molecule has 2 aliphatic rings. The van der Waals surface area contributed by atoms with Gasteiger partial charge in [-0.3, -0.25) is 4.79 Å². The molecule has 1 aliphatic heterocycles. The maximum absolute atomic E-state index is 14.8. The van der Waals surface area contributed by atoms with Crippen LogP contribution >= 0.6 is 0 Å². The summed E-state index contributed by atoms with van der Waals surface area (Å²) in [6.45, 7) is 2.10. The van der Waals surface area contributed by atoms with Gasteiger partial charge < -0.3 is 20.1 Å². The molecule has 1 aliphatic carbocycles. The fourth-order valence-corrected chi connectivity index (χ4v) is 3.92. The molecule has 3 N–H and O–H groups in total. The first-order chi connectivity index (χ1) is 12.4. The summed E-state index contributed by atoms with van der Waals surface area (Å²) in [7, 11) is 0. The Kier molecular flexibility index (Phi) is 8.25. The van der Waals surface area contributed by atoms with E-state index in [0.717, 1.165) is 19.3 Å². The van der Waals surface area contributed by atoms with Crippen LogP contribution in [0.5, 0.6) is 0 Å². The molecule has 0 unspecified atom stereocenters. The highest BCUT2D eigenvalue weighted by atomic mass is 19.1. The Labute approximate surface area is 154 Å². The average molecular weight is 370 g/mol. The number of carbonyl (C=O) groups is 1. The minimum absolute atomic E-state index is 0.00697. The van der Waals surface area contributed by atoms with Crippen LogP contribution in [0.15, 0.2) is 24.3 Å². The number of carboxylic acids is 1. The molecule has 5 nitrogen and oxygen atoms in total. The van der Waals surface area contributed by atoms with E-state index in [1.54, 1.807) is 24.3 Å². The Bertz CT molecular complexity index is 506. The van der Waals surface area contributed by atoms with Gasteiger partial charge in [0.1, 0.15) is 12.3 Å². The summed E-state index contributed by atoms with van der Waals surface area (Å²) in [5, 5.41) is 28.9. The average Bonchev–Trinajstić information content (AvgIpc) is 3.05. The normalized spacial score (nSPS) is 35.4. The van der Waals surface area contributed by atoms with Crippen LogP contribution in [0.2, 0.25) is 0 Å². The van der Waals surface area contributed by atoms with Gasteiger partial charge in [-0.05, 0) is 12.8 Å². The first-order valence-electron chi connectivity index (χ1n) is 9.66. The van der Waals surface area contributed by atoms with Crippen LogP contribution in [0.1, 0.15) is 51.9 Å². The van der Waals surface area contributed by atoms with E-state index in [1.165, 1.54) is 0 Å². The molecule has 6 heteroatoms. The van der Waals surface area contributed by atoms with Crippen molar-refractivity contribution in [1.29, 1.82) is 0 Å². The van der Waals surface area contributed by atoms with Crippen molar-refractivity contribution in [2.24, 2.45) is 11.8 Å². The molecule has 2 rings (SSSR count). The Morgan fingerprint density at radius 1 is 1.35 bits per heavy atom. The molecule has 1 saturated heterocycles. The third kappa shape index (κ3) is 5.63. The first kappa shape index (κ1) is 21.1. The highest BCUT2D eigenvalue weighted by molar-refractivity contribution is 5.66. The molecular weight excluding hydrogens is 339 g/mol. The lowest BCUT2D eigenvalue weighted by Gasteiger charge is -2.20. The number of alkyl halides is 1. The number of rotatable bonds is 10. The Morgan fingerprint density at radius 3 is 2.81 bits per heavy atom. The van der Waals surface area contributed by atoms with E-state index in [9.17, 15) is 19.4 Å². The van der Waals surface area contributed by atoms with Gasteiger partial charge in [0, 0.05) is 24.7 Å². The van der Waals surface area contributed by atoms with Crippen molar-refractivity contribution in [1.82, 2.24) is 0 Å². The molecule has 0 aromatic carbocycles. The topological polar surface area (TPSA) is 87.0 Å². The SMILES string of the molecule is CCCCC[C@@H](O)/C=C/[C@@H]1[C@H]2[C@H](F)[C@@H](/C=C/CCC(=O)O)O[C@@H]2C[C@H]1O. The zero-order valence-electron chi connectivity index (χ0n) is 15.3. The van der Waals surface area contributed by atoms with E-state index >= 15 is 0 Å². The van der Waals surface area contributed by atoms with Gasteiger partial charge in [-0.25, -0.2) is 4.39 Å². The highest BCUT2D eigenvalue weighted by Crippen LogP contribution is 2.46. The number of fused-ring (bicyclic) bond motifs is 1. The molecule has 2 fully saturated rings. The van der Waals surface area contributed by atoms with Gasteiger partial charge >= 0.3 is 5.97 Å². The van der Waals surface area contributed by atoms with Gasteiger partial charge in [-0.2, -0.15) is 0 Å². The van der Waals surface area contributed by atoms with Crippen LogP contribution in [0.4, 0.5) is 4.39 Å². The van der Waals surface area contributed by atoms with Crippen molar-refractivity contribution in [3.63, 3.8) is 0 Å². The molecule has 7 atom stereocenters. The summed E-state index contributed by atoms with van der Waals surface area (Å²) in [6, 6.07) is 0. The lowest BCUT2D eigenvalue weighted by atomic mass is 9.88. The van der Waals surface area contributed by atoms with Crippen LogP contribution in [0.3, 0.4) is 0 Å². The van der Waals surface area contributed by atoms with Gasteiger partial charge in [0.15, 0.2) is 0 Å². The number of allylic oxidation sites excluding steroid dienone is 1. The quantitative estimate of drug-likeness (QED) is 0.406. The largest absolute Gasteiger partial charge is 0.481 e. The minimum atomic E-state index is -1.25. The van der Waals surface area contributed by atoms with E-state index in [0.29, 0.717) is 19.3 Å². The lowest BCUT2D eigenvalue weighted by molar-refractivity contribution is -0.136. The van der Waals surface area contributed by atoms with Gasteiger partial charge in [0.05, 0.1) is 18.3 Å². The highest BCUT2D eigenvalue weighted by Gasteiger charge is 2.53.